The summed E-state index contributed by atoms with van der Waals surface area (Å²) < 4.78 is 6.67. The summed E-state index contributed by atoms with van der Waals surface area (Å²) in [5.74, 6) is -0.646. The van der Waals surface area contributed by atoms with Gasteiger partial charge in [-0.3, -0.25) is 9.59 Å². The molecule has 0 saturated heterocycles. The zero-order valence-corrected chi connectivity index (χ0v) is 18.0. The second-order valence-corrected chi connectivity index (χ2v) is 8.11. The molecule has 0 aromatic carbocycles. The Bertz CT molecular complexity index is 958. The van der Waals surface area contributed by atoms with Crippen LogP contribution in [0.15, 0.2) is 23.3 Å². The lowest BCUT2D eigenvalue weighted by Crippen LogP contribution is -2.35. The van der Waals surface area contributed by atoms with Crippen molar-refractivity contribution in [1.29, 1.82) is 0 Å². The molecule has 0 aliphatic carbocycles. The molecule has 8 nitrogen and oxygen atoms in total. The first kappa shape index (κ1) is 22.4. The van der Waals surface area contributed by atoms with Gasteiger partial charge in [-0.05, 0) is 31.4 Å². The molecule has 0 atom stereocenters. The molecule has 0 spiro atoms. The number of ether oxygens (including phenoxy) is 1. The lowest BCUT2D eigenvalue weighted by molar-refractivity contribution is -0.128. The maximum Gasteiger partial charge on any atom is 0.343 e. The van der Waals surface area contributed by atoms with Crippen LogP contribution >= 0.6 is 0 Å². The maximum atomic E-state index is 12.9. The van der Waals surface area contributed by atoms with Crippen molar-refractivity contribution in [3.63, 3.8) is 0 Å². The molecular weight excluding hydrogens is 372 g/mol. The highest BCUT2D eigenvalue weighted by atomic mass is 16.5. The van der Waals surface area contributed by atoms with Gasteiger partial charge in [-0.2, -0.15) is 0 Å². The average molecular weight is 402 g/mol. The molecule has 1 amide bonds. The Hall–Kier alpha value is -2.90. The predicted molar refractivity (Wildman–Crippen MR) is 113 cm³/mol. The minimum absolute atomic E-state index is 0.00193. The average Bonchev–Trinajstić information content (AvgIpc) is 2.64. The number of pyridine rings is 2. The second-order valence-electron chi connectivity index (χ2n) is 8.11. The molecule has 0 saturated carbocycles. The number of carbonyl (C=O) groups is 2. The van der Waals surface area contributed by atoms with E-state index in [4.69, 9.17) is 4.74 Å². The van der Waals surface area contributed by atoms with E-state index >= 15 is 0 Å². The molecule has 8 heteroatoms. The van der Waals surface area contributed by atoms with E-state index in [0.29, 0.717) is 30.4 Å². The van der Waals surface area contributed by atoms with Gasteiger partial charge in [0.05, 0.1) is 12.0 Å². The Morgan fingerprint density at radius 3 is 2.55 bits per heavy atom. The highest BCUT2D eigenvalue weighted by molar-refractivity contribution is 5.93. The minimum Gasteiger partial charge on any atom is -0.462 e. The van der Waals surface area contributed by atoms with Gasteiger partial charge >= 0.3 is 5.97 Å². The Morgan fingerprint density at radius 2 is 1.97 bits per heavy atom. The van der Waals surface area contributed by atoms with Gasteiger partial charge in [0.25, 0.3) is 0 Å². The van der Waals surface area contributed by atoms with Crippen molar-refractivity contribution in [2.45, 2.75) is 40.5 Å². The van der Waals surface area contributed by atoms with Gasteiger partial charge in [0.1, 0.15) is 5.56 Å². The van der Waals surface area contributed by atoms with Gasteiger partial charge in [0.2, 0.25) is 11.3 Å². The van der Waals surface area contributed by atoms with E-state index in [1.807, 2.05) is 20.8 Å². The van der Waals surface area contributed by atoms with Crippen molar-refractivity contribution in [2.24, 2.45) is 5.41 Å². The largest absolute Gasteiger partial charge is 0.462 e. The number of esters is 1. The van der Waals surface area contributed by atoms with Crippen LogP contribution in [-0.4, -0.2) is 48.8 Å². The number of nitrogens with one attached hydrogen (secondary N) is 1. The van der Waals surface area contributed by atoms with E-state index in [1.165, 1.54) is 6.20 Å². The summed E-state index contributed by atoms with van der Waals surface area (Å²) in [6.07, 6.45) is 4.54. The summed E-state index contributed by atoms with van der Waals surface area (Å²) >= 11 is 0. The van der Waals surface area contributed by atoms with Crippen LogP contribution in [0.1, 0.15) is 50.0 Å². The number of nitrogens with zero attached hydrogens (tertiary/aromatic N) is 3. The summed E-state index contributed by atoms with van der Waals surface area (Å²) in [6, 6.07) is 1.76. The SMILES string of the molecule is CCOC(=O)c1cn(N(C)C)c2ncc(CCCNC(=O)C(C)(C)C)cc2c1=O. The Kier molecular flexibility index (Phi) is 7.00. The quantitative estimate of drug-likeness (QED) is 0.561. The molecule has 0 aliphatic rings. The van der Waals surface area contributed by atoms with Crippen LogP contribution in [0.3, 0.4) is 0 Å². The zero-order chi connectivity index (χ0) is 21.8. The van der Waals surface area contributed by atoms with Crippen molar-refractivity contribution in [3.8, 4) is 0 Å². The first-order valence-electron chi connectivity index (χ1n) is 9.73. The Morgan fingerprint density at radius 1 is 1.28 bits per heavy atom. The minimum atomic E-state index is -0.648. The van der Waals surface area contributed by atoms with Crippen molar-refractivity contribution >= 4 is 22.9 Å². The van der Waals surface area contributed by atoms with E-state index in [2.05, 4.69) is 10.3 Å². The highest BCUT2D eigenvalue weighted by Crippen LogP contribution is 2.15. The standard InChI is InChI=1S/C21H30N4O4/c1-7-29-19(27)16-13-25(24(5)6)18-15(17(16)26)11-14(12-23-18)9-8-10-22-20(28)21(2,3)4/h11-13H,7-10H2,1-6H3,(H,22,28). The third kappa shape index (κ3) is 5.34. The Balaban J connectivity index is 2.29. The topological polar surface area (TPSA) is 93.5 Å². The lowest BCUT2D eigenvalue weighted by Gasteiger charge is -2.20. The van der Waals surface area contributed by atoms with E-state index in [1.54, 1.807) is 43.0 Å². The lowest BCUT2D eigenvalue weighted by atomic mass is 9.95. The van der Waals surface area contributed by atoms with Gasteiger partial charge in [-0.15, -0.1) is 0 Å². The molecular formula is C21H30N4O4. The van der Waals surface area contributed by atoms with E-state index in [-0.39, 0.29) is 18.1 Å². The number of fused-ring (bicyclic) bond motifs is 1. The summed E-state index contributed by atoms with van der Waals surface area (Å²) in [6.45, 7) is 8.03. The summed E-state index contributed by atoms with van der Waals surface area (Å²) in [7, 11) is 3.60. The predicted octanol–water partition coefficient (Wildman–Crippen LogP) is 1.87. The van der Waals surface area contributed by atoms with Crippen LogP contribution in [0.2, 0.25) is 0 Å². The molecule has 0 aliphatic heterocycles. The third-order valence-electron chi connectivity index (χ3n) is 4.42. The van der Waals surface area contributed by atoms with Crippen LogP contribution in [-0.2, 0) is 16.0 Å². The molecule has 158 valence electrons. The van der Waals surface area contributed by atoms with Crippen molar-refractivity contribution < 1.29 is 14.3 Å². The van der Waals surface area contributed by atoms with E-state index in [9.17, 15) is 14.4 Å². The number of aryl methyl sites for hydroxylation is 1. The number of rotatable bonds is 7. The fraction of sp³-hybridized carbons (Fsp3) is 0.524. The second kappa shape index (κ2) is 9.07. The molecule has 0 bridgehead atoms. The monoisotopic (exact) mass is 402 g/mol. The summed E-state index contributed by atoms with van der Waals surface area (Å²) in [5, 5.41) is 5.01. The van der Waals surface area contributed by atoms with Crippen molar-refractivity contribution in [1.82, 2.24) is 15.0 Å². The molecule has 1 N–H and O–H groups in total. The van der Waals surface area contributed by atoms with Crippen molar-refractivity contribution in [2.75, 3.05) is 32.3 Å². The Labute approximate surface area is 170 Å². The van der Waals surface area contributed by atoms with Gasteiger partial charge in [-0.25, -0.2) is 14.5 Å². The van der Waals surface area contributed by atoms with Crippen LogP contribution in [0, 0.1) is 5.41 Å². The number of hydrogen-bond donors (Lipinski definition) is 1. The molecule has 0 radical (unpaired) electrons. The maximum absolute atomic E-state index is 12.9. The normalized spacial score (nSPS) is 11.4. The zero-order valence-electron chi connectivity index (χ0n) is 18.0. The van der Waals surface area contributed by atoms with Gasteiger partial charge in [0.15, 0.2) is 5.65 Å². The van der Waals surface area contributed by atoms with E-state index in [0.717, 1.165) is 5.56 Å². The van der Waals surface area contributed by atoms with Gasteiger partial charge < -0.3 is 15.1 Å². The third-order valence-corrected chi connectivity index (χ3v) is 4.42. The molecule has 2 heterocycles. The summed E-state index contributed by atoms with van der Waals surface area (Å²) in [4.78, 5) is 41.5. The smallest absolute Gasteiger partial charge is 0.343 e. The number of hydrogen-bond acceptors (Lipinski definition) is 6. The van der Waals surface area contributed by atoms with Crippen LogP contribution < -0.4 is 15.8 Å². The number of carbonyl (C=O) groups excluding carboxylic acids is 2. The van der Waals surface area contributed by atoms with Crippen LogP contribution in [0.25, 0.3) is 11.0 Å². The fourth-order valence-corrected chi connectivity index (χ4v) is 2.79. The number of amides is 1. The van der Waals surface area contributed by atoms with Gasteiger partial charge in [-0.1, -0.05) is 20.8 Å². The molecule has 2 rings (SSSR count). The molecule has 29 heavy (non-hydrogen) atoms. The van der Waals surface area contributed by atoms with Gasteiger partial charge in [0, 0.05) is 38.4 Å². The first-order chi connectivity index (χ1) is 13.6. The van der Waals surface area contributed by atoms with Crippen LogP contribution in [0.4, 0.5) is 0 Å². The van der Waals surface area contributed by atoms with E-state index < -0.39 is 16.8 Å². The molecule has 0 fully saturated rings. The van der Waals surface area contributed by atoms with Crippen LogP contribution in [0.5, 0.6) is 0 Å². The molecule has 2 aromatic rings. The summed E-state index contributed by atoms with van der Waals surface area (Å²) in [5.41, 5.74) is 0.491. The number of aromatic nitrogens is 2. The molecule has 0 unspecified atom stereocenters. The molecule has 2 aromatic heterocycles. The fourth-order valence-electron chi connectivity index (χ4n) is 2.79. The first-order valence-corrected chi connectivity index (χ1v) is 9.73. The van der Waals surface area contributed by atoms with Crippen molar-refractivity contribution in [3.05, 3.63) is 39.8 Å². The highest BCUT2D eigenvalue weighted by Gasteiger charge is 2.20.